The highest BCUT2D eigenvalue weighted by molar-refractivity contribution is 5.70. The average molecular weight is 330 g/mol. The predicted octanol–water partition coefficient (Wildman–Crippen LogP) is 2.33. The Balaban J connectivity index is 4.77. The number of carboxylic acids is 2. The second-order valence-electron chi connectivity index (χ2n) is 6.54. The Morgan fingerprint density at radius 3 is 1.87 bits per heavy atom. The van der Waals surface area contributed by atoms with Crippen LogP contribution in [0.25, 0.3) is 0 Å². The lowest BCUT2D eigenvalue weighted by Crippen LogP contribution is -2.55. The Morgan fingerprint density at radius 2 is 1.48 bits per heavy atom. The van der Waals surface area contributed by atoms with Crippen molar-refractivity contribution in [2.75, 3.05) is 26.4 Å². The first-order valence-electron chi connectivity index (χ1n) is 8.30. The summed E-state index contributed by atoms with van der Waals surface area (Å²) in [6, 6.07) is 0. The SMILES string of the molecule is C=CCCCCCC[N+](CO)(CC(C)C(=O)O)CC(C)C(=O)O. The third kappa shape index (κ3) is 8.71. The molecule has 6 heteroatoms. The molecule has 2 unspecified atom stereocenters. The first-order valence-corrected chi connectivity index (χ1v) is 8.30. The fourth-order valence-electron chi connectivity index (χ4n) is 2.85. The van der Waals surface area contributed by atoms with Crippen LogP contribution in [-0.2, 0) is 9.59 Å². The Labute approximate surface area is 139 Å². The molecule has 0 saturated carbocycles. The molecule has 2 atom stereocenters. The van der Waals surface area contributed by atoms with Crippen LogP contribution in [0.5, 0.6) is 0 Å². The number of carboxylic acid groups (broad SMARTS) is 2. The minimum absolute atomic E-state index is 0.127. The Hall–Kier alpha value is -1.40. The molecule has 0 rings (SSSR count). The van der Waals surface area contributed by atoms with E-state index in [1.54, 1.807) is 13.8 Å². The molecular weight excluding hydrogens is 298 g/mol. The standard InChI is InChI=1S/C17H31NO5/c1-4-5-6-7-8-9-10-18(13-19,11-14(2)16(20)21)12-15(3)17(22)23/h4,14-15,19H,1,5-13H2,2-3H3,(H-,20,21,22,23)/p+1. The van der Waals surface area contributed by atoms with Gasteiger partial charge in [-0.3, -0.25) is 14.1 Å². The van der Waals surface area contributed by atoms with Gasteiger partial charge >= 0.3 is 11.9 Å². The van der Waals surface area contributed by atoms with Gasteiger partial charge in [-0.15, -0.1) is 6.58 Å². The Bertz CT molecular complexity index is 361. The van der Waals surface area contributed by atoms with Crippen molar-refractivity contribution in [3.05, 3.63) is 12.7 Å². The molecule has 0 saturated heterocycles. The number of allylic oxidation sites excluding steroid dienone is 1. The van der Waals surface area contributed by atoms with Crippen LogP contribution in [0.2, 0.25) is 0 Å². The maximum absolute atomic E-state index is 11.1. The number of aliphatic carboxylic acids is 2. The van der Waals surface area contributed by atoms with Crippen LogP contribution in [0, 0.1) is 11.8 Å². The van der Waals surface area contributed by atoms with E-state index in [-0.39, 0.29) is 24.3 Å². The van der Waals surface area contributed by atoms with Gasteiger partial charge in [-0.2, -0.15) is 0 Å². The van der Waals surface area contributed by atoms with Crippen LogP contribution in [-0.4, -0.2) is 58.1 Å². The van der Waals surface area contributed by atoms with Gasteiger partial charge in [0.25, 0.3) is 0 Å². The van der Waals surface area contributed by atoms with E-state index in [0.29, 0.717) is 6.54 Å². The summed E-state index contributed by atoms with van der Waals surface area (Å²) in [7, 11) is 0. The summed E-state index contributed by atoms with van der Waals surface area (Å²) in [5.74, 6) is -3.09. The normalized spacial score (nSPS) is 16.3. The second kappa shape index (κ2) is 11.2. The second-order valence-corrected chi connectivity index (χ2v) is 6.54. The first-order chi connectivity index (χ1) is 10.8. The molecule has 0 spiro atoms. The van der Waals surface area contributed by atoms with E-state index in [4.69, 9.17) is 10.2 Å². The number of hydrogen-bond acceptors (Lipinski definition) is 3. The van der Waals surface area contributed by atoms with E-state index in [0.717, 1.165) is 32.1 Å². The zero-order valence-corrected chi connectivity index (χ0v) is 14.4. The van der Waals surface area contributed by atoms with Gasteiger partial charge in [0.05, 0.1) is 19.6 Å². The van der Waals surface area contributed by atoms with Crippen LogP contribution < -0.4 is 0 Å². The fraction of sp³-hybridized carbons (Fsp3) is 0.765. The molecule has 0 heterocycles. The maximum Gasteiger partial charge on any atom is 0.311 e. The fourth-order valence-corrected chi connectivity index (χ4v) is 2.85. The number of nitrogens with zero attached hydrogens (tertiary/aromatic N) is 1. The first kappa shape index (κ1) is 21.6. The van der Waals surface area contributed by atoms with Crippen molar-refractivity contribution in [1.82, 2.24) is 0 Å². The minimum Gasteiger partial charge on any atom is -0.481 e. The molecule has 0 radical (unpaired) electrons. The molecule has 0 bridgehead atoms. The van der Waals surface area contributed by atoms with E-state index in [1.165, 1.54) is 0 Å². The molecule has 0 aromatic rings. The number of rotatable bonds is 14. The van der Waals surface area contributed by atoms with E-state index in [2.05, 4.69) is 6.58 Å². The Morgan fingerprint density at radius 1 is 1.00 bits per heavy atom. The highest BCUT2D eigenvalue weighted by Crippen LogP contribution is 2.18. The predicted molar refractivity (Wildman–Crippen MR) is 88.8 cm³/mol. The van der Waals surface area contributed by atoms with Crippen LogP contribution >= 0.6 is 0 Å². The van der Waals surface area contributed by atoms with Crippen molar-refractivity contribution >= 4 is 11.9 Å². The van der Waals surface area contributed by atoms with Crippen LogP contribution in [0.1, 0.15) is 46.0 Å². The molecule has 0 amide bonds. The number of unbranched alkanes of at least 4 members (excludes halogenated alkanes) is 4. The molecule has 0 aromatic carbocycles. The van der Waals surface area contributed by atoms with Gasteiger partial charge in [-0.1, -0.05) is 12.5 Å². The number of quaternary nitrogens is 1. The lowest BCUT2D eigenvalue weighted by molar-refractivity contribution is -0.949. The summed E-state index contributed by atoms with van der Waals surface area (Å²) in [6.07, 6.45) is 6.82. The van der Waals surface area contributed by atoms with Gasteiger partial charge in [-0.25, -0.2) is 0 Å². The lowest BCUT2D eigenvalue weighted by atomic mass is 10.0. The summed E-state index contributed by atoms with van der Waals surface area (Å²) in [6.45, 7) is 7.73. The van der Waals surface area contributed by atoms with Gasteiger partial charge in [0.15, 0.2) is 6.73 Å². The highest BCUT2D eigenvalue weighted by atomic mass is 16.4. The highest BCUT2D eigenvalue weighted by Gasteiger charge is 2.34. The van der Waals surface area contributed by atoms with Crippen molar-refractivity contribution < 1.29 is 29.4 Å². The summed E-state index contributed by atoms with van der Waals surface area (Å²) >= 11 is 0. The molecule has 134 valence electrons. The quantitative estimate of drug-likeness (QED) is 0.197. The molecule has 23 heavy (non-hydrogen) atoms. The average Bonchev–Trinajstić information content (AvgIpc) is 2.50. The van der Waals surface area contributed by atoms with E-state index >= 15 is 0 Å². The van der Waals surface area contributed by atoms with E-state index < -0.39 is 23.8 Å². The summed E-state index contributed by atoms with van der Waals surface area (Å²) < 4.78 is 0.127. The lowest BCUT2D eigenvalue weighted by Gasteiger charge is -2.39. The number of hydrogen-bond donors (Lipinski definition) is 3. The number of carbonyl (C=O) groups is 2. The molecule has 0 aliphatic carbocycles. The number of aliphatic hydroxyl groups excluding tert-OH is 1. The van der Waals surface area contributed by atoms with Crippen LogP contribution in [0.4, 0.5) is 0 Å². The molecule has 0 aromatic heterocycles. The zero-order chi connectivity index (χ0) is 17.9. The molecular formula is C17H32NO5+. The van der Waals surface area contributed by atoms with Gasteiger partial charge < -0.3 is 15.3 Å². The van der Waals surface area contributed by atoms with Crippen molar-refractivity contribution in [1.29, 1.82) is 0 Å². The Kier molecular flexibility index (Phi) is 10.5. The van der Waals surface area contributed by atoms with E-state index in [9.17, 15) is 14.7 Å². The zero-order valence-electron chi connectivity index (χ0n) is 14.4. The monoisotopic (exact) mass is 330 g/mol. The van der Waals surface area contributed by atoms with Gasteiger partial charge in [0.2, 0.25) is 0 Å². The van der Waals surface area contributed by atoms with Crippen LogP contribution in [0.3, 0.4) is 0 Å². The van der Waals surface area contributed by atoms with E-state index in [1.807, 2.05) is 6.08 Å². The van der Waals surface area contributed by atoms with Crippen molar-refractivity contribution in [3.8, 4) is 0 Å². The smallest absolute Gasteiger partial charge is 0.311 e. The van der Waals surface area contributed by atoms with Crippen LogP contribution in [0.15, 0.2) is 12.7 Å². The van der Waals surface area contributed by atoms with Gasteiger partial charge in [0, 0.05) is 0 Å². The largest absolute Gasteiger partial charge is 0.481 e. The minimum atomic E-state index is -0.921. The van der Waals surface area contributed by atoms with Crippen molar-refractivity contribution in [2.24, 2.45) is 11.8 Å². The molecule has 3 N–H and O–H groups in total. The molecule has 0 aliphatic rings. The summed E-state index contributed by atoms with van der Waals surface area (Å²) in [4.78, 5) is 22.3. The molecule has 6 nitrogen and oxygen atoms in total. The maximum atomic E-state index is 11.1. The summed E-state index contributed by atoms with van der Waals surface area (Å²) in [5.41, 5.74) is 0. The third-order valence-electron chi connectivity index (χ3n) is 4.26. The summed E-state index contributed by atoms with van der Waals surface area (Å²) in [5, 5.41) is 28.1. The topological polar surface area (TPSA) is 94.8 Å². The number of aliphatic hydroxyl groups is 1. The van der Waals surface area contributed by atoms with Gasteiger partial charge in [-0.05, 0) is 39.5 Å². The van der Waals surface area contributed by atoms with Crippen molar-refractivity contribution in [3.63, 3.8) is 0 Å². The molecule has 0 fully saturated rings. The van der Waals surface area contributed by atoms with Gasteiger partial charge in [0.1, 0.15) is 11.8 Å². The molecule has 0 aliphatic heterocycles. The van der Waals surface area contributed by atoms with Crippen molar-refractivity contribution in [2.45, 2.75) is 46.0 Å². The third-order valence-corrected chi connectivity index (χ3v) is 4.26.